The van der Waals surface area contributed by atoms with E-state index in [2.05, 4.69) is 0 Å². The highest BCUT2D eigenvalue weighted by Gasteiger charge is 2.43. The van der Waals surface area contributed by atoms with E-state index in [-0.39, 0.29) is 12.1 Å². The molecule has 78 valence electrons. The molecule has 2 rings (SSSR count). The van der Waals surface area contributed by atoms with Gasteiger partial charge in [-0.05, 0) is 19.8 Å². The minimum atomic E-state index is -0.107. The molecule has 0 amide bonds. The van der Waals surface area contributed by atoms with Gasteiger partial charge >= 0.3 is 0 Å². The lowest BCUT2D eigenvalue weighted by atomic mass is 9.88. The molecule has 1 heterocycles. The highest BCUT2D eigenvalue weighted by molar-refractivity contribution is 5.09. The second-order valence-electron chi connectivity index (χ2n) is 4.24. The van der Waals surface area contributed by atoms with Gasteiger partial charge in [-0.15, -0.1) is 0 Å². The Bertz CT molecular complexity index is 298. The van der Waals surface area contributed by atoms with Gasteiger partial charge in [-0.25, -0.2) is 0 Å². The Kier molecular flexibility index (Phi) is 2.31. The molecule has 4 nitrogen and oxygen atoms in total. The summed E-state index contributed by atoms with van der Waals surface area (Å²) in [5.41, 5.74) is 1.17. The summed E-state index contributed by atoms with van der Waals surface area (Å²) in [6.07, 6.45) is 3.86. The molecule has 2 aliphatic rings. The van der Waals surface area contributed by atoms with Gasteiger partial charge in [0.25, 0.3) is 0 Å². The average molecular weight is 196 g/mol. The van der Waals surface area contributed by atoms with Gasteiger partial charge in [0.2, 0.25) is 11.7 Å². The molecule has 0 aromatic carbocycles. The first kappa shape index (κ1) is 9.65. The molecule has 1 saturated carbocycles. The molecular weight excluding hydrogens is 180 g/mol. The standard InChI is InChI=1S/C10H16N2O2/c1-7-8(2)12(14)10-6-4-3-5-9(10)11(7)13/h9-10H,3-6H2,1-2H3/t9-,10-/m0/s1. The first-order valence-corrected chi connectivity index (χ1v) is 5.23. The van der Waals surface area contributed by atoms with Gasteiger partial charge in [0.05, 0.1) is 11.7 Å². The van der Waals surface area contributed by atoms with E-state index in [1.807, 2.05) is 0 Å². The van der Waals surface area contributed by atoms with E-state index in [0.717, 1.165) is 35.5 Å². The lowest BCUT2D eigenvalue weighted by Gasteiger charge is -2.44. The Morgan fingerprint density at radius 2 is 2.00 bits per heavy atom. The second kappa shape index (κ2) is 3.35. The van der Waals surface area contributed by atoms with Crippen molar-refractivity contribution >= 4 is 0 Å². The van der Waals surface area contributed by atoms with Crippen LogP contribution < -0.4 is 0 Å². The Morgan fingerprint density at radius 1 is 1.36 bits per heavy atom. The van der Waals surface area contributed by atoms with Gasteiger partial charge in [-0.2, -0.15) is 0 Å². The molecule has 1 fully saturated rings. The van der Waals surface area contributed by atoms with Crippen LogP contribution in [0.4, 0.5) is 0 Å². The van der Waals surface area contributed by atoms with Gasteiger partial charge in [0, 0.05) is 23.0 Å². The van der Waals surface area contributed by atoms with Gasteiger partial charge in [-0.1, -0.05) is 6.42 Å². The number of hydroxylamine groups is 2. The smallest absolute Gasteiger partial charge is 0.248 e. The summed E-state index contributed by atoms with van der Waals surface area (Å²) in [7, 11) is 0. The minimum Gasteiger partial charge on any atom is -0.758 e. The van der Waals surface area contributed by atoms with Crippen LogP contribution in [-0.4, -0.2) is 21.9 Å². The maximum absolute atomic E-state index is 11.8. The third-order valence-corrected chi connectivity index (χ3v) is 3.48. The predicted octanol–water partition coefficient (Wildman–Crippen LogP) is 2.14. The molecule has 1 aliphatic heterocycles. The summed E-state index contributed by atoms with van der Waals surface area (Å²) in [5.74, 6) is 0. The van der Waals surface area contributed by atoms with Crippen molar-refractivity contribution < 1.29 is 4.76 Å². The molecular formula is C10H16N2O2. The van der Waals surface area contributed by atoms with Crippen LogP contribution in [0, 0.1) is 10.1 Å². The molecule has 1 aliphatic carbocycles. The first-order chi connectivity index (χ1) is 6.63. The molecule has 0 N–H and O–H groups in total. The van der Waals surface area contributed by atoms with Crippen LogP contribution in [-0.2, 0) is 0 Å². The molecule has 14 heavy (non-hydrogen) atoms. The van der Waals surface area contributed by atoms with Gasteiger partial charge in [0.1, 0.15) is 0 Å². The first-order valence-electron chi connectivity index (χ1n) is 5.23. The molecule has 0 saturated heterocycles. The van der Waals surface area contributed by atoms with Crippen molar-refractivity contribution in [2.45, 2.75) is 51.6 Å². The summed E-state index contributed by atoms with van der Waals surface area (Å²) in [5, 5.41) is 12.9. The summed E-state index contributed by atoms with van der Waals surface area (Å²) in [6, 6.07) is -0.213. The molecule has 0 bridgehead atoms. The van der Waals surface area contributed by atoms with Gasteiger partial charge in [0.15, 0.2) is 0 Å². The van der Waals surface area contributed by atoms with Crippen LogP contribution in [0.1, 0.15) is 39.5 Å². The maximum atomic E-state index is 11.8. The van der Waals surface area contributed by atoms with Crippen molar-refractivity contribution in [3.05, 3.63) is 21.5 Å². The number of allylic oxidation sites excluding steroid dienone is 2. The zero-order valence-corrected chi connectivity index (χ0v) is 8.69. The topological polar surface area (TPSA) is 46.4 Å². The summed E-state index contributed by atoms with van der Waals surface area (Å²) in [4.78, 5) is 11.8. The third-order valence-electron chi connectivity index (χ3n) is 3.48. The van der Waals surface area contributed by atoms with Crippen molar-refractivity contribution in [1.29, 1.82) is 0 Å². The Balaban J connectivity index is 2.35. The predicted molar refractivity (Wildman–Crippen MR) is 53.3 cm³/mol. The molecule has 0 aromatic rings. The molecule has 0 radical (unpaired) electrons. The monoisotopic (exact) mass is 196 g/mol. The van der Waals surface area contributed by atoms with Gasteiger partial charge < -0.3 is 10.3 Å². The number of nitroso groups, excluding NO2 is 1. The molecule has 4 heteroatoms. The number of hydrogen-bond acceptors (Lipinski definition) is 3. The summed E-state index contributed by atoms with van der Waals surface area (Å²) in [6.45, 7) is 3.47. The minimum absolute atomic E-state index is 0.107. The Morgan fingerprint density at radius 3 is 2.71 bits per heavy atom. The van der Waals surface area contributed by atoms with Crippen LogP contribution >= 0.6 is 0 Å². The highest BCUT2D eigenvalue weighted by atomic mass is 16.5. The summed E-state index contributed by atoms with van der Waals surface area (Å²) < 4.78 is 1.05. The number of rotatable bonds is 0. The molecule has 0 unspecified atom stereocenters. The largest absolute Gasteiger partial charge is 0.758 e. The fourth-order valence-electron chi connectivity index (χ4n) is 2.46. The quantitative estimate of drug-likeness (QED) is 0.557. The number of hydrogen-bond donors (Lipinski definition) is 0. The third kappa shape index (κ3) is 1.25. The number of fused-ring (bicyclic) bond motifs is 1. The Hall–Kier alpha value is -0.900. The van der Waals surface area contributed by atoms with Crippen molar-refractivity contribution in [2.24, 2.45) is 0 Å². The van der Waals surface area contributed by atoms with E-state index < -0.39 is 0 Å². The second-order valence-corrected chi connectivity index (χ2v) is 4.24. The van der Waals surface area contributed by atoms with Crippen LogP contribution in [0.5, 0.6) is 0 Å². The van der Waals surface area contributed by atoms with Crippen LogP contribution in [0.3, 0.4) is 0 Å². The van der Waals surface area contributed by atoms with E-state index in [0.29, 0.717) is 11.4 Å². The van der Waals surface area contributed by atoms with Crippen molar-refractivity contribution in [1.82, 2.24) is 5.06 Å². The van der Waals surface area contributed by atoms with Crippen molar-refractivity contribution in [2.75, 3.05) is 0 Å². The zero-order chi connectivity index (χ0) is 10.3. The maximum Gasteiger partial charge on any atom is 0.248 e. The van der Waals surface area contributed by atoms with Crippen LogP contribution in [0.2, 0.25) is 0 Å². The fraction of sp³-hybridized carbons (Fsp3) is 0.800. The van der Waals surface area contributed by atoms with Crippen molar-refractivity contribution in [3.8, 4) is 0 Å². The summed E-state index contributed by atoms with van der Waals surface area (Å²) >= 11 is 0. The van der Waals surface area contributed by atoms with Crippen molar-refractivity contribution in [3.63, 3.8) is 0 Å². The van der Waals surface area contributed by atoms with E-state index in [9.17, 15) is 10.1 Å². The molecule has 2 atom stereocenters. The lowest BCUT2D eigenvalue weighted by Crippen LogP contribution is -2.50. The lowest BCUT2D eigenvalue weighted by molar-refractivity contribution is -0.557. The fourth-order valence-corrected chi connectivity index (χ4v) is 2.46. The molecule has 0 spiro atoms. The average Bonchev–Trinajstić information content (AvgIpc) is 2.23. The van der Waals surface area contributed by atoms with Crippen LogP contribution in [0.25, 0.3) is 0 Å². The SMILES string of the molecule is CC1=C(C)[N+](=O)[C@H]2CCCC[C@@H]2N1[O-]. The number of nitrogens with zero attached hydrogens (tertiary/aromatic N) is 2. The zero-order valence-electron chi connectivity index (χ0n) is 8.69. The van der Waals surface area contributed by atoms with Gasteiger partial charge in [-0.3, -0.25) is 0 Å². The normalized spacial score (nSPS) is 33.4. The molecule has 0 aromatic heterocycles. The highest BCUT2D eigenvalue weighted by Crippen LogP contribution is 2.33. The van der Waals surface area contributed by atoms with E-state index in [4.69, 9.17) is 0 Å². The van der Waals surface area contributed by atoms with E-state index >= 15 is 0 Å². The van der Waals surface area contributed by atoms with E-state index in [1.165, 1.54) is 0 Å². The van der Waals surface area contributed by atoms with Crippen LogP contribution in [0.15, 0.2) is 11.4 Å². The Labute approximate surface area is 83.7 Å². The van der Waals surface area contributed by atoms with E-state index in [1.54, 1.807) is 13.8 Å².